The Labute approximate surface area is 297 Å². The van der Waals surface area contributed by atoms with Gasteiger partial charge in [-0.3, -0.25) is 24.5 Å². The summed E-state index contributed by atoms with van der Waals surface area (Å²) < 4.78 is 0. The van der Waals surface area contributed by atoms with Gasteiger partial charge >= 0.3 is 0 Å². The molecule has 0 unspecified atom stereocenters. The monoisotopic (exact) mass is 678 g/mol. The number of fused-ring (bicyclic) bond motifs is 1. The van der Waals surface area contributed by atoms with E-state index in [2.05, 4.69) is 56.5 Å². The van der Waals surface area contributed by atoms with Crippen molar-refractivity contribution in [2.45, 2.75) is 58.5 Å². The van der Waals surface area contributed by atoms with E-state index >= 15 is 0 Å². The molecule has 2 aromatic carbocycles. The SMILES string of the molecule is Cc1cccnc1[C@H]1CCC[C@@H](c2ncccc2C)N1CCCNC(=O)c1cc2c(-c3cccc(NC(=O)c4ccccc4)c3C)ncnc2[nH]1. The summed E-state index contributed by atoms with van der Waals surface area (Å²) in [6, 6.07) is 25.3. The summed E-state index contributed by atoms with van der Waals surface area (Å²) in [7, 11) is 0. The number of piperidine rings is 1. The normalized spacial score (nSPS) is 16.2. The molecule has 0 radical (unpaired) electrons. The van der Waals surface area contributed by atoms with Gasteiger partial charge in [0.15, 0.2) is 0 Å². The molecule has 1 fully saturated rings. The van der Waals surface area contributed by atoms with Gasteiger partial charge in [0, 0.05) is 47.7 Å². The number of hydrogen-bond donors (Lipinski definition) is 3. The maximum Gasteiger partial charge on any atom is 0.267 e. The van der Waals surface area contributed by atoms with Gasteiger partial charge in [0.2, 0.25) is 0 Å². The van der Waals surface area contributed by atoms with Crippen LogP contribution in [0.15, 0.2) is 97.6 Å². The molecule has 0 aliphatic carbocycles. The average molecular weight is 679 g/mol. The zero-order chi connectivity index (χ0) is 35.3. The molecule has 1 aliphatic heterocycles. The van der Waals surface area contributed by atoms with Crippen molar-refractivity contribution in [2.24, 2.45) is 0 Å². The fourth-order valence-corrected chi connectivity index (χ4v) is 7.29. The van der Waals surface area contributed by atoms with Crippen molar-refractivity contribution in [2.75, 3.05) is 18.4 Å². The largest absolute Gasteiger partial charge is 0.351 e. The second-order valence-electron chi connectivity index (χ2n) is 13.2. The number of hydrogen-bond acceptors (Lipinski definition) is 7. The minimum atomic E-state index is -0.201. The van der Waals surface area contributed by atoms with Crippen molar-refractivity contribution in [1.82, 2.24) is 35.1 Å². The third-order valence-corrected chi connectivity index (χ3v) is 9.91. The molecule has 3 N–H and O–H groups in total. The van der Waals surface area contributed by atoms with Gasteiger partial charge in [0.1, 0.15) is 17.7 Å². The molecule has 10 nitrogen and oxygen atoms in total. The van der Waals surface area contributed by atoms with E-state index in [1.54, 1.807) is 18.2 Å². The number of nitrogens with zero attached hydrogens (tertiary/aromatic N) is 5. The number of pyridine rings is 2. The molecule has 2 amide bonds. The minimum absolute atomic E-state index is 0.182. The first-order valence-corrected chi connectivity index (χ1v) is 17.6. The highest BCUT2D eigenvalue weighted by molar-refractivity contribution is 6.06. The molecular formula is C41H42N8O2. The Bertz CT molecular complexity index is 2130. The number of aromatic amines is 1. The Kier molecular flexibility index (Phi) is 9.94. The van der Waals surface area contributed by atoms with Crippen LogP contribution in [0.25, 0.3) is 22.3 Å². The first kappa shape index (κ1) is 33.7. The van der Waals surface area contributed by atoms with Crippen LogP contribution in [0.5, 0.6) is 0 Å². The van der Waals surface area contributed by atoms with E-state index in [-0.39, 0.29) is 23.9 Å². The number of carbonyl (C=O) groups excluding carboxylic acids is 2. The average Bonchev–Trinajstić information content (AvgIpc) is 3.60. The lowest BCUT2D eigenvalue weighted by atomic mass is 9.88. The maximum absolute atomic E-state index is 13.5. The van der Waals surface area contributed by atoms with Crippen molar-refractivity contribution in [3.05, 3.63) is 137 Å². The highest BCUT2D eigenvalue weighted by Gasteiger charge is 2.35. The van der Waals surface area contributed by atoms with E-state index in [1.165, 1.54) is 17.5 Å². The molecule has 51 heavy (non-hydrogen) atoms. The van der Waals surface area contributed by atoms with Gasteiger partial charge in [0.05, 0.1) is 29.2 Å². The summed E-state index contributed by atoms with van der Waals surface area (Å²) in [5.74, 6) is -0.387. The first-order valence-electron chi connectivity index (χ1n) is 17.6. The topological polar surface area (TPSA) is 129 Å². The van der Waals surface area contributed by atoms with Crippen LogP contribution < -0.4 is 10.6 Å². The first-order chi connectivity index (χ1) is 24.9. The fraction of sp³-hybridized carbons (Fsp3) is 0.268. The highest BCUT2D eigenvalue weighted by Crippen LogP contribution is 2.42. The van der Waals surface area contributed by atoms with E-state index < -0.39 is 0 Å². The van der Waals surface area contributed by atoms with Crippen molar-refractivity contribution >= 4 is 28.5 Å². The molecule has 0 bridgehead atoms. The van der Waals surface area contributed by atoms with Crippen LogP contribution in [0.1, 0.15) is 86.7 Å². The van der Waals surface area contributed by atoms with Crippen molar-refractivity contribution in [3.63, 3.8) is 0 Å². The standard InChI is InChI=1S/C41H42N8O2/c1-26-12-9-20-42-36(26)34-18-8-19-35(37-27(2)13-10-21-43-37)49(34)23-11-22-44-41(51)33-24-31-38(45-25-46-39(31)47-33)30-16-7-17-32(28(30)3)48-40(50)29-14-5-4-6-15-29/h4-7,9-10,12-17,20-21,24-25,34-35H,8,11,18-19,22-23H2,1-3H3,(H,44,51)(H,48,50)(H,45,46,47)/t34-,35+. The molecular weight excluding hydrogens is 637 g/mol. The third-order valence-electron chi connectivity index (χ3n) is 9.91. The smallest absolute Gasteiger partial charge is 0.267 e. The maximum atomic E-state index is 13.5. The van der Waals surface area contributed by atoms with Crippen molar-refractivity contribution in [1.29, 1.82) is 0 Å². The Balaban J connectivity index is 1.06. The zero-order valence-electron chi connectivity index (χ0n) is 29.2. The molecule has 0 saturated carbocycles. The quantitative estimate of drug-likeness (QED) is 0.127. The summed E-state index contributed by atoms with van der Waals surface area (Å²) in [6.07, 6.45) is 9.19. The highest BCUT2D eigenvalue weighted by atomic mass is 16.2. The van der Waals surface area contributed by atoms with Crippen LogP contribution in [0.4, 0.5) is 5.69 Å². The van der Waals surface area contributed by atoms with Gasteiger partial charge in [0.25, 0.3) is 11.8 Å². The fourth-order valence-electron chi connectivity index (χ4n) is 7.29. The Hall–Kier alpha value is -5.74. The predicted octanol–water partition coefficient (Wildman–Crippen LogP) is 7.68. The number of aromatic nitrogens is 5. The second-order valence-corrected chi connectivity index (χ2v) is 13.2. The van der Waals surface area contributed by atoms with E-state index in [9.17, 15) is 9.59 Å². The molecule has 1 aliphatic rings. The van der Waals surface area contributed by atoms with E-state index in [0.29, 0.717) is 34.8 Å². The van der Waals surface area contributed by atoms with Crippen molar-refractivity contribution in [3.8, 4) is 11.3 Å². The van der Waals surface area contributed by atoms with Gasteiger partial charge in [-0.25, -0.2) is 9.97 Å². The Morgan fingerprint density at radius 1 is 0.804 bits per heavy atom. The van der Waals surface area contributed by atoms with Crippen LogP contribution in [0, 0.1) is 20.8 Å². The van der Waals surface area contributed by atoms with Gasteiger partial charge in [-0.05, 0) is 99.5 Å². The molecule has 0 spiro atoms. The summed E-state index contributed by atoms with van der Waals surface area (Å²) in [5.41, 5.74) is 9.27. The second kappa shape index (κ2) is 15.0. The van der Waals surface area contributed by atoms with Crippen LogP contribution in [0.2, 0.25) is 0 Å². The predicted molar refractivity (Wildman–Crippen MR) is 199 cm³/mol. The number of nitrogens with one attached hydrogen (secondary N) is 3. The zero-order valence-corrected chi connectivity index (χ0v) is 29.2. The number of aryl methyl sites for hydroxylation is 2. The molecule has 6 aromatic rings. The summed E-state index contributed by atoms with van der Waals surface area (Å²) in [6.45, 7) is 7.52. The molecule has 10 heteroatoms. The lowest BCUT2D eigenvalue weighted by Gasteiger charge is -2.42. The molecule has 7 rings (SSSR count). The number of carbonyl (C=O) groups is 2. The molecule has 5 heterocycles. The molecule has 4 aromatic heterocycles. The molecule has 1 saturated heterocycles. The van der Waals surface area contributed by atoms with Crippen molar-refractivity contribution < 1.29 is 9.59 Å². The molecule has 2 atom stereocenters. The lowest BCUT2D eigenvalue weighted by Crippen LogP contribution is -2.39. The Morgan fingerprint density at radius 3 is 2.20 bits per heavy atom. The van der Waals surface area contributed by atoms with Gasteiger partial charge < -0.3 is 15.6 Å². The van der Waals surface area contributed by atoms with E-state index in [1.807, 2.05) is 67.8 Å². The summed E-state index contributed by atoms with van der Waals surface area (Å²) in [5, 5.41) is 6.88. The van der Waals surface area contributed by atoms with E-state index in [4.69, 9.17) is 9.97 Å². The number of rotatable bonds is 10. The number of amides is 2. The Morgan fingerprint density at radius 2 is 1.51 bits per heavy atom. The third kappa shape index (κ3) is 7.13. The number of benzene rings is 2. The van der Waals surface area contributed by atoms with Crippen LogP contribution in [0.3, 0.4) is 0 Å². The number of likely N-dealkylation sites (tertiary alicyclic amines) is 1. The van der Waals surface area contributed by atoms with Crippen LogP contribution >= 0.6 is 0 Å². The van der Waals surface area contributed by atoms with Gasteiger partial charge in [-0.2, -0.15) is 0 Å². The summed E-state index contributed by atoms with van der Waals surface area (Å²) in [4.78, 5) is 50.8. The van der Waals surface area contributed by atoms with Crippen LogP contribution in [-0.4, -0.2) is 54.7 Å². The van der Waals surface area contributed by atoms with Gasteiger partial charge in [-0.15, -0.1) is 0 Å². The van der Waals surface area contributed by atoms with Gasteiger partial charge in [-0.1, -0.05) is 42.5 Å². The minimum Gasteiger partial charge on any atom is -0.351 e. The van der Waals surface area contributed by atoms with E-state index in [0.717, 1.165) is 60.1 Å². The number of H-pyrrole nitrogens is 1. The molecule has 258 valence electrons. The lowest BCUT2D eigenvalue weighted by molar-refractivity contribution is 0.0740. The van der Waals surface area contributed by atoms with Crippen LogP contribution in [-0.2, 0) is 0 Å². The number of anilines is 1. The summed E-state index contributed by atoms with van der Waals surface area (Å²) >= 11 is 0.